The number of nitrogens with zero attached hydrogens (tertiary/aromatic N) is 1. The number of benzene rings is 1. The number of amides is 1. The van der Waals surface area contributed by atoms with Crippen molar-refractivity contribution in [2.45, 2.75) is 75.7 Å². The molecule has 31 heavy (non-hydrogen) atoms. The lowest BCUT2D eigenvalue weighted by molar-refractivity contribution is -0.129. The Morgan fingerprint density at radius 3 is 2.39 bits per heavy atom. The van der Waals surface area contributed by atoms with Crippen molar-refractivity contribution in [1.29, 1.82) is 0 Å². The van der Waals surface area contributed by atoms with Gasteiger partial charge in [-0.1, -0.05) is 38.2 Å². The van der Waals surface area contributed by atoms with Gasteiger partial charge in [0.15, 0.2) is 6.10 Å². The quantitative estimate of drug-likeness (QED) is 0.642. The Hall–Kier alpha value is -1.93. The smallest absolute Gasteiger partial charge is 0.338 e. The minimum absolute atomic E-state index is 0.0817. The van der Waals surface area contributed by atoms with Gasteiger partial charge in [-0.2, -0.15) is 4.31 Å². The normalized spacial score (nSPS) is 19.9. The standard InChI is InChI=1S/C23H34N2O5S/c1-18(22(26)24-17-19-10-5-4-6-11-19)30-23(27)20-12-9-13-21(16-20)31(28,29)25-14-7-2-3-8-15-25/h9,12-13,16,18-19H,2-8,10-11,14-15,17H2,1H3,(H,24,26). The maximum Gasteiger partial charge on any atom is 0.338 e. The lowest BCUT2D eigenvalue weighted by Gasteiger charge is -2.22. The maximum atomic E-state index is 13.0. The van der Waals surface area contributed by atoms with Crippen LogP contribution < -0.4 is 5.32 Å². The minimum atomic E-state index is -3.66. The van der Waals surface area contributed by atoms with Crippen LogP contribution in [0.25, 0.3) is 0 Å². The minimum Gasteiger partial charge on any atom is -0.449 e. The molecule has 0 spiro atoms. The highest BCUT2D eigenvalue weighted by Gasteiger charge is 2.27. The Kier molecular flexibility index (Phi) is 8.49. The first-order chi connectivity index (χ1) is 14.9. The summed E-state index contributed by atoms with van der Waals surface area (Å²) in [7, 11) is -3.66. The molecular formula is C23H34N2O5S. The third kappa shape index (κ3) is 6.53. The Labute approximate surface area is 185 Å². The molecule has 1 aromatic rings. The summed E-state index contributed by atoms with van der Waals surface area (Å²) in [6.45, 7) is 3.13. The van der Waals surface area contributed by atoms with Crippen molar-refractivity contribution < 1.29 is 22.7 Å². The molecule has 172 valence electrons. The molecule has 1 aliphatic heterocycles. The SMILES string of the molecule is CC(OC(=O)c1cccc(S(=O)(=O)N2CCCCCC2)c1)C(=O)NCC1CCCCC1. The van der Waals surface area contributed by atoms with Crippen molar-refractivity contribution in [2.24, 2.45) is 5.92 Å². The van der Waals surface area contributed by atoms with Crippen LogP contribution in [0.15, 0.2) is 29.2 Å². The van der Waals surface area contributed by atoms with Crippen LogP contribution in [0.1, 0.15) is 75.1 Å². The van der Waals surface area contributed by atoms with E-state index in [2.05, 4.69) is 5.32 Å². The number of nitrogens with one attached hydrogen (secondary N) is 1. The van der Waals surface area contributed by atoms with Gasteiger partial charge in [-0.25, -0.2) is 13.2 Å². The number of carbonyl (C=O) groups excluding carboxylic acids is 2. The van der Waals surface area contributed by atoms with Crippen LogP contribution in [0, 0.1) is 5.92 Å². The summed E-state index contributed by atoms with van der Waals surface area (Å²) in [6, 6.07) is 5.89. The van der Waals surface area contributed by atoms with Crippen LogP contribution in [0.2, 0.25) is 0 Å². The van der Waals surface area contributed by atoms with E-state index in [0.717, 1.165) is 38.5 Å². The van der Waals surface area contributed by atoms with Crippen molar-refractivity contribution >= 4 is 21.9 Å². The summed E-state index contributed by atoms with van der Waals surface area (Å²) < 4.78 is 32.8. The van der Waals surface area contributed by atoms with Crippen molar-refractivity contribution in [3.05, 3.63) is 29.8 Å². The average molecular weight is 451 g/mol. The zero-order valence-electron chi connectivity index (χ0n) is 18.3. The molecule has 1 amide bonds. The van der Waals surface area contributed by atoms with Gasteiger partial charge in [-0.15, -0.1) is 0 Å². The van der Waals surface area contributed by atoms with E-state index in [4.69, 9.17) is 4.74 Å². The molecule has 2 aliphatic rings. The molecule has 1 atom stereocenters. The molecule has 0 aromatic heterocycles. The Bertz CT molecular complexity index is 856. The van der Waals surface area contributed by atoms with Crippen LogP contribution in [-0.2, 0) is 19.6 Å². The molecule has 1 N–H and O–H groups in total. The highest BCUT2D eigenvalue weighted by molar-refractivity contribution is 7.89. The van der Waals surface area contributed by atoms with Crippen molar-refractivity contribution in [3.63, 3.8) is 0 Å². The second-order valence-corrected chi connectivity index (χ2v) is 10.6. The predicted octanol–water partition coefficient (Wildman–Crippen LogP) is 3.49. The highest BCUT2D eigenvalue weighted by Crippen LogP contribution is 2.23. The number of hydrogen-bond acceptors (Lipinski definition) is 5. The molecule has 8 heteroatoms. The van der Waals surface area contributed by atoms with Gasteiger partial charge in [0.25, 0.3) is 5.91 Å². The largest absolute Gasteiger partial charge is 0.449 e. The van der Waals surface area contributed by atoms with Gasteiger partial charge in [-0.05, 0) is 56.7 Å². The van der Waals surface area contributed by atoms with Crippen LogP contribution in [0.4, 0.5) is 0 Å². The van der Waals surface area contributed by atoms with E-state index in [1.54, 1.807) is 0 Å². The highest BCUT2D eigenvalue weighted by atomic mass is 32.2. The van der Waals surface area contributed by atoms with E-state index < -0.39 is 22.1 Å². The molecule has 1 aliphatic carbocycles. The molecule has 1 heterocycles. The Morgan fingerprint density at radius 1 is 1.06 bits per heavy atom. The number of rotatable bonds is 7. The second kappa shape index (κ2) is 11.1. The number of ether oxygens (including phenoxy) is 1. The van der Waals surface area contributed by atoms with Crippen LogP contribution in [-0.4, -0.2) is 50.3 Å². The fourth-order valence-electron chi connectivity index (χ4n) is 4.28. The lowest BCUT2D eigenvalue weighted by Crippen LogP contribution is -2.38. The molecule has 1 saturated carbocycles. The van der Waals surface area contributed by atoms with Gasteiger partial charge < -0.3 is 10.1 Å². The third-order valence-corrected chi connectivity index (χ3v) is 8.11. The Morgan fingerprint density at radius 2 is 1.71 bits per heavy atom. The summed E-state index contributed by atoms with van der Waals surface area (Å²) in [5.41, 5.74) is 0.128. The summed E-state index contributed by atoms with van der Waals surface area (Å²) >= 11 is 0. The van der Waals surface area contributed by atoms with E-state index in [0.29, 0.717) is 25.6 Å². The monoisotopic (exact) mass is 450 g/mol. The summed E-state index contributed by atoms with van der Waals surface area (Å²) in [6.07, 6.45) is 8.68. The topological polar surface area (TPSA) is 92.8 Å². The van der Waals surface area contributed by atoms with Crippen LogP contribution in [0.3, 0.4) is 0 Å². The first-order valence-corrected chi connectivity index (χ1v) is 12.9. The average Bonchev–Trinajstić information content (AvgIpc) is 3.08. The molecular weight excluding hydrogens is 416 g/mol. The molecule has 1 aromatic carbocycles. The number of sulfonamides is 1. The maximum absolute atomic E-state index is 13.0. The zero-order valence-corrected chi connectivity index (χ0v) is 19.2. The molecule has 0 radical (unpaired) electrons. The fourth-order valence-corrected chi connectivity index (χ4v) is 5.84. The van der Waals surface area contributed by atoms with E-state index in [-0.39, 0.29) is 16.4 Å². The lowest BCUT2D eigenvalue weighted by atomic mass is 9.89. The van der Waals surface area contributed by atoms with E-state index in [1.807, 2.05) is 0 Å². The number of carbonyl (C=O) groups is 2. The Balaban J connectivity index is 1.59. The molecule has 1 unspecified atom stereocenters. The van der Waals surface area contributed by atoms with Gasteiger partial charge >= 0.3 is 5.97 Å². The molecule has 7 nitrogen and oxygen atoms in total. The molecule has 3 rings (SSSR count). The molecule has 0 bridgehead atoms. The van der Waals surface area contributed by atoms with E-state index in [1.165, 1.54) is 54.8 Å². The van der Waals surface area contributed by atoms with Gasteiger partial charge in [0.2, 0.25) is 10.0 Å². The van der Waals surface area contributed by atoms with Gasteiger partial charge in [0, 0.05) is 19.6 Å². The molecule has 1 saturated heterocycles. The van der Waals surface area contributed by atoms with Gasteiger partial charge in [0.05, 0.1) is 10.5 Å². The summed E-state index contributed by atoms with van der Waals surface area (Å²) in [4.78, 5) is 25.0. The van der Waals surface area contributed by atoms with Crippen LogP contribution >= 0.6 is 0 Å². The van der Waals surface area contributed by atoms with Crippen molar-refractivity contribution in [3.8, 4) is 0 Å². The van der Waals surface area contributed by atoms with Crippen LogP contribution in [0.5, 0.6) is 0 Å². The van der Waals surface area contributed by atoms with E-state index >= 15 is 0 Å². The van der Waals surface area contributed by atoms with Gasteiger partial charge in [0.1, 0.15) is 0 Å². The number of hydrogen-bond donors (Lipinski definition) is 1. The second-order valence-electron chi connectivity index (χ2n) is 8.64. The first-order valence-electron chi connectivity index (χ1n) is 11.5. The van der Waals surface area contributed by atoms with Crippen molar-refractivity contribution in [1.82, 2.24) is 9.62 Å². The van der Waals surface area contributed by atoms with Crippen molar-refractivity contribution in [2.75, 3.05) is 19.6 Å². The number of esters is 1. The third-order valence-electron chi connectivity index (χ3n) is 6.22. The summed E-state index contributed by atoms with van der Waals surface area (Å²) in [5, 5.41) is 2.87. The first kappa shape index (κ1) is 23.7. The van der Waals surface area contributed by atoms with E-state index in [9.17, 15) is 18.0 Å². The fraction of sp³-hybridized carbons (Fsp3) is 0.652. The predicted molar refractivity (Wildman–Crippen MR) is 118 cm³/mol. The summed E-state index contributed by atoms with van der Waals surface area (Å²) in [5.74, 6) is -0.540. The van der Waals surface area contributed by atoms with Gasteiger partial charge in [-0.3, -0.25) is 4.79 Å². The molecule has 2 fully saturated rings. The zero-order chi connectivity index (χ0) is 22.3.